The van der Waals surface area contributed by atoms with Crippen LogP contribution in [0.5, 0.6) is 0 Å². The first kappa shape index (κ1) is 26.6. The molecule has 3 aliphatic rings. The zero-order valence-corrected chi connectivity index (χ0v) is 25.3. The minimum atomic E-state index is -0.735. The normalized spacial score (nSPS) is 19.3. The van der Waals surface area contributed by atoms with E-state index in [1.807, 2.05) is 31.3 Å². The molecule has 3 aliphatic heterocycles. The van der Waals surface area contributed by atoms with Crippen molar-refractivity contribution >= 4 is 65.5 Å². The molecule has 0 atom stereocenters. The van der Waals surface area contributed by atoms with Crippen LogP contribution in [0, 0.1) is 6.92 Å². The SMILES string of the molecule is CCN1C(=O)C(=C(C=C2[Te]c3ccc(C)cc3N2C)C=C2Sc3ccccc3N2CC)C(=O)N(CC)C1=O. The molecule has 2 aromatic carbocycles. The molecule has 1 fully saturated rings. The van der Waals surface area contributed by atoms with Gasteiger partial charge in [-0.25, -0.2) is 0 Å². The Morgan fingerprint density at radius 2 is 1.53 bits per heavy atom. The standard InChI is InChI=1S/C29H30N4O3STe/c1-6-31-20-11-9-10-12-22(20)37-24(31)16-19(17-25-30(5)21-15-18(4)13-14-23(21)38-25)26-27(34)32(7-2)29(36)33(8-3)28(26)35/h9-17H,6-8H2,1-5H3. The summed E-state index contributed by atoms with van der Waals surface area (Å²) in [6.45, 7) is 8.83. The van der Waals surface area contributed by atoms with E-state index in [1.54, 1.807) is 25.6 Å². The second kappa shape index (κ2) is 10.6. The Morgan fingerprint density at radius 3 is 2.18 bits per heavy atom. The molecule has 9 heteroatoms. The van der Waals surface area contributed by atoms with Gasteiger partial charge in [-0.2, -0.15) is 0 Å². The number of carbonyl (C=O) groups excluding carboxylic acids is 3. The summed E-state index contributed by atoms with van der Waals surface area (Å²) in [5, 5.41) is 0.950. The average molecular weight is 642 g/mol. The number of amides is 4. The fourth-order valence-corrected chi connectivity index (χ4v) is 9.10. The van der Waals surface area contributed by atoms with Gasteiger partial charge >= 0.3 is 239 Å². The number of rotatable bonds is 5. The number of nitrogens with zero attached hydrogens (tertiary/aromatic N) is 4. The Bertz CT molecular complexity index is 1420. The van der Waals surface area contributed by atoms with Crippen LogP contribution in [0.15, 0.2) is 79.4 Å². The molecule has 0 N–H and O–H groups in total. The average Bonchev–Trinajstić information content (AvgIpc) is 3.40. The Morgan fingerprint density at radius 1 is 0.868 bits per heavy atom. The van der Waals surface area contributed by atoms with Crippen molar-refractivity contribution in [1.29, 1.82) is 0 Å². The predicted octanol–water partition coefficient (Wildman–Crippen LogP) is 4.22. The first-order valence-electron chi connectivity index (χ1n) is 12.7. The second-order valence-electron chi connectivity index (χ2n) is 9.12. The summed E-state index contributed by atoms with van der Waals surface area (Å²) in [4.78, 5) is 48.0. The van der Waals surface area contributed by atoms with E-state index in [0.717, 1.165) is 25.9 Å². The zero-order valence-electron chi connectivity index (χ0n) is 22.1. The molecule has 4 amide bonds. The second-order valence-corrected chi connectivity index (χ2v) is 13.2. The van der Waals surface area contributed by atoms with Crippen molar-refractivity contribution in [2.45, 2.75) is 32.6 Å². The number of allylic oxidation sites excluding steroid dienone is 3. The number of para-hydroxylation sites is 1. The summed E-state index contributed by atoms with van der Waals surface area (Å²) in [6.07, 6.45) is 3.96. The van der Waals surface area contributed by atoms with Crippen LogP contribution in [0.2, 0.25) is 0 Å². The maximum absolute atomic E-state index is 13.7. The molecular formula is C29H30N4O3STe. The van der Waals surface area contributed by atoms with E-state index in [4.69, 9.17) is 0 Å². The van der Waals surface area contributed by atoms with Gasteiger partial charge in [0, 0.05) is 0 Å². The Labute approximate surface area is 237 Å². The van der Waals surface area contributed by atoms with Gasteiger partial charge in [-0.1, -0.05) is 0 Å². The summed E-state index contributed by atoms with van der Waals surface area (Å²) in [6, 6.07) is 14.1. The fraction of sp³-hybridized carbons (Fsp3) is 0.276. The molecule has 2 aromatic rings. The molecular weight excluding hydrogens is 612 g/mol. The molecule has 0 saturated carbocycles. The van der Waals surface area contributed by atoms with Crippen molar-refractivity contribution in [2.24, 2.45) is 0 Å². The van der Waals surface area contributed by atoms with Crippen molar-refractivity contribution in [3.63, 3.8) is 0 Å². The van der Waals surface area contributed by atoms with Gasteiger partial charge in [-0.3, -0.25) is 0 Å². The third-order valence-corrected chi connectivity index (χ3v) is 11.3. The summed E-state index contributed by atoms with van der Waals surface area (Å²) in [5.74, 6) is -1.07. The van der Waals surface area contributed by atoms with Crippen LogP contribution in [0.25, 0.3) is 0 Å². The fourth-order valence-electron chi connectivity index (χ4n) is 4.83. The van der Waals surface area contributed by atoms with E-state index in [-0.39, 0.29) is 18.7 Å². The van der Waals surface area contributed by atoms with Crippen LogP contribution in [0.1, 0.15) is 26.3 Å². The Kier molecular flexibility index (Phi) is 7.45. The van der Waals surface area contributed by atoms with Gasteiger partial charge in [0.1, 0.15) is 0 Å². The molecule has 196 valence electrons. The number of hydrogen-bond acceptors (Lipinski definition) is 6. The van der Waals surface area contributed by atoms with E-state index >= 15 is 0 Å². The van der Waals surface area contributed by atoms with E-state index < -0.39 is 38.8 Å². The molecule has 0 unspecified atom stereocenters. The molecule has 38 heavy (non-hydrogen) atoms. The van der Waals surface area contributed by atoms with Crippen molar-refractivity contribution in [3.8, 4) is 0 Å². The number of anilines is 2. The van der Waals surface area contributed by atoms with Crippen molar-refractivity contribution in [3.05, 3.63) is 80.1 Å². The van der Waals surface area contributed by atoms with Gasteiger partial charge in [-0.15, -0.1) is 0 Å². The molecule has 0 spiro atoms. The van der Waals surface area contributed by atoms with Gasteiger partial charge in [0.15, 0.2) is 0 Å². The molecule has 0 bridgehead atoms. The first-order chi connectivity index (χ1) is 18.3. The number of likely N-dealkylation sites (N-methyl/N-ethyl adjacent to an activating group) is 2. The number of fused-ring (bicyclic) bond motifs is 2. The van der Waals surface area contributed by atoms with Crippen LogP contribution < -0.4 is 13.4 Å². The number of hydrogen-bond donors (Lipinski definition) is 0. The topological polar surface area (TPSA) is 64.2 Å². The van der Waals surface area contributed by atoms with Crippen LogP contribution in [0.3, 0.4) is 0 Å². The third-order valence-electron chi connectivity index (χ3n) is 6.83. The summed E-state index contributed by atoms with van der Waals surface area (Å²) < 4.78 is 2.44. The monoisotopic (exact) mass is 644 g/mol. The van der Waals surface area contributed by atoms with Crippen LogP contribution in [0.4, 0.5) is 16.2 Å². The minimum absolute atomic E-state index is 0.0499. The van der Waals surface area contributed by atoms with Gasteiger partial charge in [0.2, 0.25) is 0 Å². The van der Waals surface area contributed by atoms with Crippen LogP contribution in [-0.2, 0) is 9.59 Å². The summed E-state index contributed by atoms with van der Waals surface area (Å²) in [7, 11) is 2.04. The number of aryl methyl sites for hydroxylation is 1. The Hall–Kier alpha value is -2.99. The molecule has 0 radical (unpaired) electrons. The van der Waals surface area contributed by atoms with Crippen LogP contribution >= 0.6 is 11.8 Å². The summed E-state index contributed by atoms with van der Waals surface area (Å²) in [5.41, 5.74) is 4.08. The van der Waals surface area contributed by atoms with Gasteiger partial charge in [0.25, 0.3) is 0 Å². The number of benzene rings is 2. The van der Waals surface area contributed by atoms with E-state index in [2.05, 4.69) is 54.0 Å². The molecule has 0 aliphatic carbocycles. The van der Waals surface area contributed by atoms with E-state index in [0.29, 0.717) is 5.57 Å². The molecule has 5 rings (SSSR count). The van der Waals surface area contributed by atoms with E-state index in [9.17, 15) is 14.4 Å². The van der Waals surface area contributed by atoms with Gasteiger partial charge in [-0.05, 0) is 0 Å². The number of barbiturate groups is 1. The number of carbonyl (C=O) groups is 3. The van der Waals surface area contributed by atoms with Crippen molar-refractivity contribution < 1.29 is 14.4 Å². The van der Waals surface area contributed by atoms with Gasteiger partial charge in [0.05, 0.1) is 0 Å². The number of thioether (sulfide) groups is 1. The Balaban J connectivity index is 1.69. The molecule has 0 aromatic heterocycles. The number of urea groups is 1. The quantitative estimate of drug-likeness (QED) is 0.277. The maximum atomic E-state index is 13.7. The molecule has 1 saturated heterocycles. The van der Waals surface area contributed by atoms with Gasteiger partial charge < -0.3 is 0 Å². The summed E-state index contributed by atoms with van der Waals surface area (Å²) >= 11 is 0.894. The molecule has 3 heterocycles. The zero-order chi connectivity index (χ0) is 27.1. The number of imide groups is 2. The third kappa shape index (κ3) is 4.47. The van der Waals surface area contributed by atoms with Crippen LogP contribution in [-0.4, -0.2) is 75.3 Å². The molecule has 7 nitrogen and oxygen atoms in total. The first-order valence-corrected chi connectivity index (χ1v) is 15.9. The predicted molar refractivity (Wildman–Crippen MR) is 154 cm³/mol. The van der Waals surface area contributed by atoms with E-state index in [1.165, 1.54) is 24.7 Å². The van der Waals surface area contributed by atoms with Crippen molar-refractivity contribution in [2.75, 3.05) is 36.5 Å². The van der Waals surface area contributed by atoms with Crippen molar-refractivity contribution in [1.82, 2.24) is 9.80 Å².